The van der Waals surface area contributed by atoms with Crippen LogP contribution >= 0.6 is 12.8 Å². The zero-order valence-corrected chi connectivity index (χ0v) is 22.1. The van der Waals surface area contributed by atoms with Crippen LogP contribution in [-0.4, -0.2) is 95.1 Å². The van der Waals surface area contributed by atoms with Crippen LogP contribution in [0.25, 0.3) is 0 Å². The Morgan fingerprint density at radius 3 is 2.64 bits per heavy atom. The average Bonchev–Trinajstić information content (AvgIpc) is 3.70. The lowest BCUT2D eigenvalue weighted by molar-refractivity contribution is -1.09. The van der Waals surface area contributed by atoms with Crippen LogP contribution in [0.2, 0.25) is 0 Å². The molecule has 3 unspecified atom stereocenters. The number of hydrogen-bond acceptors (Lipinski definition) is 9. The number of hydroxylamine groups is 1. The van der Waals surface area contributed by atoms with E-state index >= 15 is 0 Å². The van der Waals surface area contributed by atoms with Crippen LogP contribution in [0.1, 0.15) is 51.8 Å². The van der Waals surface area contributed by atoms with Crippen molar-refractivity contribution in [2.75, 3.05) is 62.8 Å². The van der Waals surface area contributed by atoms with Gasteiger partial charge in [0, 0.05) is 45.6 Å². The van der Waals surface area contributed by atoms with Crippen molar-refractivity contribution < 1.29 is 32.0 Å². The van der Waals surface area contributed by atoms with Crippen molar-refractivity contribution in [1.29, 1.82) is 0 Å². The molecule has 1 aliphatic carbocycles. The SMILES string of the molecule is CCCC1(CC)CN(c2cc(N(C)CC3CN([N+](O)(S)C4CC4)CCO3)nc(C(F)(F)F)n2)CCO1. The number of thiol groups is 1. The maximum Gasteiger partial charge on any atom is 0.451 e. The molecule has 4 rings (SSSR count). The van der Waals surface area contributed by atoms with Gasteiger partial charge in [0.2, 0.25) is 5.82 Å². The first-order valence-corrected chi connectivity index (χ1v) is 13.1. The van der Waals surface area contributed by atoms with Crippen molar-refractivity contribution in [3.63, 3.8) is 0 Å². The van der Waals surface area contributed by atoms with E-state index in [0.29, 0.717) is 45.9 Å². The summed E-state index contributed by atoms with van der Waals surface area (Å²) in [6, 6.07) is 1.68. The molecule has 1 saturated carbocycles. The minimum Gasteiger partial charge on any atom is -0.373 e. The lowest BCUT2D eigenvalue weighted by atomic mass is 9.92. The third-order valence-electron chi connectivity index (χ3n) is 7.31. The number of nitrogens with zero attached hydrogens (tertiary/aromatic N) is 6. The molecular formula is C23H38F3N6O3S+. The molecule has 3 atom stereocenters. The van der Waals surface area contributed by atoms with Gasteiger partial charge in [0.05, 0.1) is 38.0 Å². The van der Waals surface area contributed by atoms with Gasteiger partial charge in [0.1, 0.15) is 24.5 Å². The van der Waals surface area contributed by atoms with E-state index in [-0.39, 0.29) is 23.8 Å². The monoisotopic (exact) mass is 535 g/mol. The highest BCUT2D eigenvalue weighted by atomic mass is 32.1. The van der Waals surface area contributed by atoms with Gasteiger partial charge in [-0.05, 0) is 17.0 Å². The van der Waals surface area contributed by atoms with Gasteiger partial charge in [0.25, 0.3) is 0 Å². The van der Waals surface area contributed by atoms with Crippen LogP contribution in [0.15, 0.2) is 6.07 Å². The zero-order valence-electron chi connectivity index (χ0n) is 21.2. The molecule has 0 amide bonds. The number of halogens is 3. The number of anilines is 2. The van der Waals surface area contributed by atoms with Gasteiger partial charge in [-0.2, -0.15) is 18.4 Å². The molecule has 3 heterocycles. The molecule has 1 aromatic heterocycles. The van der Waals surface area contributed by atoms with Gasteiger partial charge in [0.15, 0.2) is 6.04 Å². The Balaban J connectivity index is 1.53. The molecule has 9 nitrogen and oxygen atoms in total. The molecule has 1 aromatic rings. The second-order valence-corrected chi connectivity index (χ2v) is 10.7. The highest BCUT2D eigenvalue weighted by molar-refractivity contribution is 7.74. The van der Waals surface area contributed by atoms with E-state index in [2.05, 4.69) is 29.7 Å². The number of likely N-dealkylation sites (N-methyl/N-ethyl adjacent to an activating group) is 1. The largest absolute Gasteiger partial charge is 0.451 e. The molecule has 13 heteroatoms. The number of ether oxygens (including phenoxy) is 2. The molecule has 0 spiro atoms. The summed E-state index contributed by atoms with van der Waals surface area (Å²) in [4.78, 5) is 11.3. The van der Waals surface area contributed by atoms with Gasteiger partial charge in [-0.25, -0.2) is 9.97 Å². The molecule has 204 valence electrons. The highest BCUT2D eigenvalue weighted by Gasteiger charge is 2.49. The van der Waals surface area contributed by atoms with E-state index < -0.39 is 21.8 Å². The number of rotatable bonds is 9. The van der Waals surface area contributed by atoms with Gasteiger partial charge < -0.3 is 19.3 Å². The van der Waals surface area contributed by atoms with Gasteiger partial charge in [-0.15, -0.1) is 5.01 Å². The lowest BCUT2D eigenvalue weighted by Gasteiger charge is -2.43. The fourth-order valence-corrected chi connectivity index (χ4v) is 5.47. The fourth-order valence-electron chi connectivity index (χ4n) is 5.08. The predicted octanol–water partition coefficient (Wildman–Crippen LogP) is 3.55. The quantitative estimate of drug-likeness (QED) is 0.283. The van der Waals surface area contributed by atoms with E-state index in [4.69, 9.17) is 9.47 Å². The van der Waals surface area contributed by atoms with Crippen LogP contribution in [0.4, 0.5) is 24.8 Å². The summed E-state index contributed by atoms with van der Waals surface area (Å²) < 4.78 is 52.8. The first-order valence-electron chi connectivity index (χ1n) is 12.7. The van der Waals surface area contributed by atoms with Crippen LogP contribution < -0.4 is 9.80 Å². The standard InChI is InChI=1S/C23H38F3N6O3S/c1-4-8-22(5-2)16-30(9-12-35-22)20-13-19(27-21(28-20)23(24,25)26)29(3)14-18-15-31(10-11-34-18)32(33,36)17-6-7-17/h13,17-18,33,36H,4-12,14-16H2,1-3H3/q+1. The Morgan fingerprint density at radius 1 is 1.25 bits per heavy atom. The molecule has 0 bridgehead atoms. The van der Waals surface area contributed by atoms with Gasteiger partial charge in [-0.1, -0.05) is 20.3 Å². The van der Waals surface area contributed by atoms with Gasteiger partial charge in [-0.3, -0.25) is 0 Å². The molecule has 0 radical (unpaired) electrons. The zero-order chi connectivity index (χ0) is 26.1. The number of alkyl halides is 3. The highest BCUT2D eigenvalue weighted by Crippen LogP contribution is 2.37. The average molecular weight is 536 g/mol. The number of quaternary nitrogens is 1. The number of aromatic nitrogens is 2. The molecule has 0 aromatic carbocycles. The van der Waals surface area contributed by atoms with E-state index in [9.17, 15) is 18.4 Å². The van der Waals surface area contributed by atoms with Crippen molar-refractivity contribution >= 4 is 24.5 Å². The summed E-state index contributed by atoms with van der Waals surface area (Å²) in [6.07, 6.45) is -0.661. The Hall–Kier alpha value is -1.38. The van der Waals surface area contributed by atoms with Crippen LogP contribution in [-0.2, 0) is 15.7 Å². The Bertz CT molecular complexity index is 902. The Kier molecular flexibility index (Phi) is 8.28. The molecular weight excluding hydrogens is 497 g/mol. The smallest absolute Gasteiger partial charge is 0.373 e. The second kappa shape index (κ2) is 10.8. The summed E-state index contributed by atoms with van der Waals surface area (Å²) in [5.74, 6) is -0.736. The summed E-state index contributed by atoms with van der Waals surface area (Å²) in [7, 11) is 1.70. The third-order valence-corrected chi connectivity index (χ3v) is 7.89. The van der Waals surface area contributed by atoms with Crippen LogP contribution in [0.5, 0.6) is 0 Å². The first kappa shape index (κ1) is 27.6. The van der Waals surface area contributed by atoms with Gasteiger partial charge >= 0.3 is 6.18 Å². The van der Waals surface area contributed by atoms with Crippen molar-refractivity contribution in [3.8, 4) is 0 Å². The Morgan fingerprint density at radius 2 is 2.00 bits per heavy atom. The summed E-state index contributed by atoms with van der Waals surface area (Å²) in [5.41, 5.74) is -0.398. The molecule has 2 saturated heterocycles. The summed E-state index contributed by atoms with van der Waals surface area (Å²) >= 11 is 4.43. The Labute approximate surface area is 216 Å². The van der Waals surface area contributed by atoms with E-state index in [1.807, 2.05) is 16.8 Å². The lowest BCUT2D eigenvalue weighted by Crippen LogP contribution is -2.60. The number of morpholine rings is 2. The maximum atomic E-state index is 13.8. The molecule has 3 fully saturated rings. The fraction of sp³-hybridized carbons (Fsp3) is 0.826. The predicted molar refractivity (Wildman–Crippen MR) is 132 cm³/mol. The maximum absolute atomic E-state index is 13.8. The molecule has 2 aliphatic heterocycles. The van der Waals surface area contributed by atoms with Crippen molar-refractivity contribution in [2.45, 2.75) is 69.9 Å². The van der Waals surface area contributed by atoms with Crippen molar-refractivity contribution in [2.24, 2.45) is 0 Å². The van der Waals surface area contributed by atoms with Crippen LogP contribution in [0.3, 0.4) is 0 Å². The second-order valence-electron chi connectivity index (χ2n) is 10.1. The van der Waals surface area contributed by atoms with E-state index in [1.54, 1.807) is 18.0 Å². The minimum atomic E-state index is -4.68. The van der Waals surface area contributed by atoms with Crippen LogP contribution in [0, 0.1) is 0 Å². The number of hydrogen-bond donors (Lipinski definition) is 2. The minimum absolute atomic E-state index is 0.0695. The normalized spacial score (nSPS) is 27.7. The molecule has 1 N–H and O–H groups in total. The topological polar surface area (TPSA) is 74.2 Å². The van der Waals surface area contributed by atoms with Crippen molar-refractivity contribution in [3.05, 3.63) is 11.9 Å². The van der Waals surface area contributed by atoms with Crippen molar-refractivity contribution in [1.82, 2.24) is 15.0 Å². The first-order chi connectivity index (χ1) is 17.0. The molecule has 36 heavy (non-hydrogen) atoms. The summed E-state index contributed by atoms with van der Waals surface area (Å²) in [6.45, 7) is 7.14. The molecule has 3 aliphatic rings. The van der Waals surface area contributed by atoms with E-state index in [1.165, 1.54) is 0 Å². The summed E-state index contributed by atoms with van der Waals surface area (Å²) in [5, 5.41) is 12.6. The van der Waals surface area contributed by atoms with E-state index in [0.717, 1.165) is 32.1 Å². The third kappa shape index (κ3) is 6.18.